The van der Waals surface area contributed by atoms with Crippen LogP contribution in [0.4, 0.5) is 5.69 Å². The summed E-state index contributed by atoms with van der Waals surface area (Å²) < 4.78 is 6.37. The maximum absolute atomic E-state index is 7.45. The molecule has 48 heavy (non-hydrogen) atoms. The first-order valence-electron chi connectivity index (χ1n) is 16.1. The van der Waals surface area contributed by atoms with Gasteiger partial charge in [0, 0.05) is 38.3 Å². The lowest BCUT2D eigenvalue weighted by molar-refractivity contribution is 0.670. The van der Waals surface area contributed by atoms with E-state index in [-0.39, 0.29) is 0 Å². The Bertz CT molecular complexity index is 2610. The molecule has 1 aliphatic heterocycles. The van der Waals surface area contributed by atoms with Crippen LogP contribution in [0, 0.1) is 6.57 Å². The van der Waals surface area contributed by atoms with Crippen LogP contribution >= 0.6 is 0 Å². The Morgan fingerprint density at radius 3 is 2.06 bits per heavy atom. The Kier molecular flexibility index (Phi) is 6.30. The molecular weight excluding hydrogens is 603 g/mol. The van der Waals surface area contributed by atoms with Gasteiger partial charge in [-0.05, 0) is 51.7 Å². The highest BCUT2D eigenvalue weighted by molar-refractivity contribution is 7.03. The molecule has 1 aliphatic rings. The highest BCUT2D eigenvalue weighted by Gasteiger charge is 2.41. The molecule has 9 rings (SSSR count). The van der Waals surface area contributed by atoms with Gasteiger partial charge in [0.15, 0.2) is 11.5 Å². The first kappa shape index (κ1) is 28.2. The van der Waals surface area contributed by atoms with Crippen LogP contribution in [0.3, 0.4) is 0 Å². The van der Waals surface area contributed by atoms with E-state index < -0.39 is 8.07 Å². The van der Waals surface area contributed by atoms with Crippen molar-refractivity contribution in [2.24, 2.45) is 0 Å². The number of benzene rings is 6. The Labute approximate surface area is 279 Å². The lowest BCUT2D eigenvalue weighted by Gasteiger charge is -2.19. The van der Waals surface area contributed by atoms with Gasteiger partial charge in [0.25, 0.3) is 0 Å². The van der Waals surface area contributed by atoms with Crippen LogP contribution in [-0.4, -0.2) is 18.0 Å². The second kappa shape index (κ2) is 10.7. The van der Waals surface area contributed by atoms with Crippen LogP contribution in [0.2, 0.25) is 13.1 Å². The summed E-state index contributed by atoms with van der Waals surface area (Å²) in [5.74, 6) is 0.754. The fourth-order valence-electron chi connectivity index (χ4n) is 7.26. The maximum atomic E-state index is 7.45. The number of aromatic nitrogens is 2. The highest BCUT2D eigenvalue weighted by Crippen LogP contribution is 2.39. The number of para-hydroxylation sites is 1. The normalized spacial score (nSPS) is 12.9. The van der Waals surface area contributed by atoms with Crippen molar-refractivity contribution in [3.63, 3.8) is 0 Å². The van der Waals surface area contributed by atoms with E-state index in [4.69, 9.17) is 21.0 Å². The lowest BCUT2D eigenvalue weighted by Crippen LogP contribution is -2.50. The Morgan fingerprint density at radius 2 is 1.25 bits per heavy atom. The number of nitrogens with zero attached hydrogens (tertiary/aromatic N) is 3. The van der Waals surface area contributed by atoms with E-state index in [1.54, 1.807) is 6.07 Å². The third-order valence-electron chi connectivity index (χ3n) is 9.66. The monoisotopic (exact) mass is 631 g/mol. The second-order valence-corrected chi connectivity index (χ2v) is 17.2. The van der Waals surface area contributed by atoms with Gasteiger partial charge in [0.1, 0.15) is 19.2 Å². The van der Waals surface area contributed by atoms with Crippen molar-refractivity contribution >= 4 is 46.2 Å². The molecule has 0 atom stereocenters. The van der Waals surface area contributed by atoms with E-state index in [1.807, 2.05) is 12.1 Å². The summed E-state index contributed by atoms with van der Waals surface area (Å²) in [5.41, 5.74) is 12.1. The van der Waals surface area contributed by atoms with E-state index >= 15 is 0 Å². The van der Waals surface area contributed by atoms with Crippen molar-refractivity contribution < 1.29 is 4.42 Å². The summed E-state index contributed by atoms with van der Waals surface area (Å²) in [4.78, 5) is 14.3. The zero-order valence-electron chi connectivity index (χ0n) is 26.5. The van der Waals surface area contributed by atoms with Gasteiger partial charge in [0.2, 0.25) is 0 Å². The van der Waals surface area contributed by atoms with Gasteiger partial charge in [-0.25, -0.2) is 14.8 Å². The third-order valence-corrected chi connectivity index (χ3v) is 13.0. The predicted octanol–water partition coefficient (Wildman–Crippen LogP) is 10.4. The summed E-state index contributed by atoms with van der Waals surface area (Å²) in [6.07, 6.45) is 0. The van der Waals surface area contributed by atoms with E-state index in [2.05, 4.69) is 139 Å². The number of furan rings is 1. The van der Waals surface area contributed by atoms with Crippen molar-refractivity contribution in [3.05, 3.63) is 151 Å². The fraction of sp³-hybridized carbons (Fsp3) is 0.0465. The van der Waals surface area contributed by atoms with Crippen LogP contribution in [0.5, 0.6) is 0 Å². The Balaban J connectivity index is 1.17. The summed E-state index contributed by atoms with van der Waals surface area (Å²) in [6, 6.07) is 48.3. The number of fused-ring (bicyclic) bond motifs is 6. The molecule has 8 aromatic rings. The predicted molar refractivity (Wildman–Crippen MR) is 200 cm³/mol. The number of hydrogen-bond donors (Lipinski definition) is 0. The van der Waals surface area contributed by atoms with Crippen LogP contribution in [-0.2, 0) is 0 Å². The third kappa shape index (κ3) is 4.35. The van der Waals surface area contributed by atoms with Crippen LogP contribution < -0.4 is 10.5 Å². The van der Waals surface area contributed by atoms with E-state index in [9.17, 15) is 0 Å². The first-order chi connectivity index (χ1) is 23.5. The van der Waals surface area contributed by atoms with Crippen molar-refractivity contribution in [2.45, 2.75) is 13.1 Å². The van der Waals surface area contributed by atoms with Gasteiger partial charge in [-0.2, -0.15) is 0 Å². The molecule has 0 bridgehead atoms. The first-order valence-corrected chi connectivity index (χ1v) is 19.1. The zero-order chi connectivity index (χ0) is 32.4. The minimum Gasteiger partial charge on any atom is -0.456 e. The lowest BCUT2D eigenvalue weighted by atomic mass is 9.96. The van der Waals surface area contributed by atoms with Crippen molar-refractivity contribution in [1.82, 2.24) is 9.97 Å². The van der Waals surface area contributed by atoms with Crippen LogP contribution in [0.15, 0.2) is 144 Å². The average Bonchev–Trinajstić information content (AvgIpc) is 3.63. The Hall–Kier alpha value is -6.09. The average molecular weight is 632 g/mol. The molecular formula is C43H29N3OSi. The number of hydrogen-bond acceptors (Lipinski definition) is 3. The molecule has 5 heteroatoms. The highest BCUT2D eigenvalue weighted by atomic mass is 28.3. The smallest absolute Gasteiger partial charge is 0.188 e. The van der Waals surface area contributed by atoms with Gasteiger partial charge < -0.3 is 4.42 Å². The van der Waals surface area contributed by atoms with Crippen LogP contribution in [0.1, 0.15) is 0 Å². The van der Waals surface area contributed by atoms with Crippen molar-refractivity contribution in [1.29, 1.82) is 0 Å². The standard InChI is InChI=1S/C43H29N3OSi/c1-44-32-22-23-37-36(26-32)34-20-11-19-33(41(34)47-37)30-16-9-14-28(24-30)29-15-10-17-31(25-29)42-45-40(27-12-5-4-6-13-27)39-35-18-7-8-21-38(35)48(2,3)43(39)46-42/h4-26H,2-3H3. The molecule has 0 unspecified atom stereocenters. The topological polar surface area (TPSA) is 43.3 Å². The molecule has 0 radical (unpaired) electrons. The Morgan fingerprint density at radius 1 is 0.583 bits per heavy atom. The largest absolute Gasteiger partial charge is 0.456 e. The van der Waals surface area contributed by atoms with Crippen molar-refractivity contribution in [3.8, 4) is 56.0 Å². The molecule has 0 saturated carbocycles. The summed E-state index contributed by atoms with van der Waals surface area (Å²) in [7, 11) is -2.05. The van der Waals surface area contributed by atoms with Gasteiger partial charge >= 0.3 is 0 Å². The van der Waals surface area contributed by atoms with Gasteiger partial charge in [-0.1, -0.05) is 128 Å². The summed E-state index contributed by atoms with van der Waals surface area (Å²) >= 11 is 0. The minimum absolute atomic E-state index is 0.608. The number of rotatable bonds is 4. The molecule has 0 spiro atoms. The molecule has 0 amide bonds. The SMILES string of the molecule is [C-]#[N+]c1ccc2oc3c(-c4cccc(-c5cccc(-c6nc(-c7ccccc7)c7c(n6)[Si](C)(C)c6ccccc6-7)c5)c4)cccc3c2c1. The van der Waals surface area contributed by atoms with Gasteiger partial charge in [-0.15, -0.1) is 0 Å². The molecule has 4 nitrogen and oxygen atoms in total. The molecule has 0 saturated heterocycles. The second-order valence-electron chi connectivity index (χ2n) is 12.9. The van der Waals surface area contributed by atoms with Crippen LogP contribution in [0.25, 0.3) is 82.8 Å². The molecule has 0 fully saturated rings. The molecule has 6 aromatic carbocycles. The van der Waals surface area contributed by atoms with Gasteiger partial charge in [-0.3, -0.25) is 0 Å². The van der Waals surface area contributed by atoms with Crippen molar-refractivity contribution in [2.75, 3.05) is 0 Å². The quantitative estimate of drug-likeness (QED) is 0.143. The molecule has 0 aliphatic carbocycles. The van der Waals surface area contributed by atoms with E-state index in [0.717, 1.165) is 66.8 Å². The molecule has 3 heterocycles. The molecule has 226 valence electrons. The summed E-state index contributed by atoms with van der Waals surface area (Å²) in [5, 5.41) is 4.59. The molecule has 2 aromatic heterocycles. The zero-order valence-corrected chi connectivity index (χ0v) is 27.5. The van der Waals surface area contributed by atoms with E-state index in [1.165, 1.54) is 21.6 Å². The minimum atomic E-state index is -2.05. The fourth-order valence-corrected chi connectivity index (χ4v) is 10.2. The molecule has 0 N–H and O–H groups in total. The maximum Gasteiger partial charge on any atom is 0.188 e. The summed E-state index contributed by atoms with van der Waals surface area (Å²) in [6.45, 7) is 12.2. The van der Waals surface area contributed by atoms with Gasteiger partial charge in [0.05, 0.1) is 12.3 Å². The van der Waals surface area contributed by atoms with E-state index in [0.29, 0.717) is 5.69 Å².